The fourth-order valence-electron chi connectivity index (χ4n) is 2.22. The van der Waals surface area contributed by atoms with Crippen molar-refractivity contribution >= 4 is 5.91 Å². The number of hydrogen-bond donors (Lipinski definition) is 1. The Morgan fingerprint density at radius 1 is 1.60 bits per heavy atom. The van der Waals surface area contributed by atoms with Gasteiger partial charge in [-0.05, 0) is 19.2 Å². The highest BCUT2D eigenvalue weighted by Crippen LogP contribution is 2.19. The second kappa shape index (κ2) is 6.67. The molecule has 0 bridgehead atoms. The Kier molecular flexibility index (Phi) is 4.92. The Morgan fingerprint density at radius 2 is 2.40 bits per heavy atom. The first-order valence-corrected chi connectivity index (χ1v) is 6.54. The summed E-state index contributed by atoms with van der Waals surface area (Å²) in [6.45, 7) is 2.07. The molecule has 20 heavy (non-hydrogen) atoms. The summed E-state index contributed by atoms with van der Waals surface area (Å²) in [5.41, 5.74) is 0.0657. The molecule has 1 saturated heterocycles. The van der Waals surface area contributed by atoms with Gasteiger partial charge < -0.3 is 19.7 Å². The minimum atomic E-state index is -0.564. The van der Waals surface area contributed by atoms with Crippen LogP contribution in [-0.2, 0) is 4.74 Å². The lowest BCUT2D eigenvalue weighted by atomic mass is 10.1. The van der Waals surface area contributed by atoms with E-state index in [1.54, 1.807) is 11.0 Å². The minimum absolute atomic E-state index is 0.0565. The summed E-state index contributed by atoms with van der Waals surface area (Å²) in [6, 6.07) is 4.26. The van der Waals surface area contributed by atoms with E-state index in [0.29, 0.717) is 32.0 Å². The van der Waals surface area contributed by atoms with Crippen molar-refractivity contribution in [2.75, 3.05) is 40.4 Å². The number of nitrogens with zero attached hydrogens (tertiary/aromatic N) is 1. The van der Waals surface area contributed by atoms with Crippen LogP contribution in [0.25, 0.3) is 0 Å². The number of benzene rings is 1. The van der Waals surface area contributed by atoms with Gasteiger partial charge in [-0.3, -0.25) is 4.79 Å². The lowest BCUT2D eigenvalue weighted by Crippen LogP contribution is -2.48. The van der Waals surface area contributed by atoms with Gasteiger partial charge in [-0.15, -0.1) is 0 Å². The van der Waals surface area contributed by atoms with Gasteiger partial charge in [-0.25, -0.2) is 4.39 Å². The first kappa shape index (κ1) is 14.7. The molecule has 5 nitrogen and oxygen atoms in total. The molecule has 0 radical (unpaired) electrons. The number of nitrogens with one attached hydrogen (secondary N) is 1. The SMILES string of the molecule is CNCC1CN(C(=O)c2ccc(OC)cc2F)CCO1. The number of morpholine rings is 1. The molecule has 0 aromatic heterocycles. The van der Waals surface area contributed by atoms with Crippen molar-refractivity contribution in [3.8, 4) is 5.75 Å². The van der Waals surface area contributed by atoms with Crippen LogP contribution in [-0.4, -0.2) is 57.3 Å². The largest absolute Gasteiger partial charge is 0.497 e. The standard InChI is InChI=1S/C14H19FN2O3/c1-16-8-11-9-17(5-6-20-11)14(18)12-4-3-10(19-2)7-13(12)15/h3-4,7,11,16H,5-6,8-9H2,1-2H3. The smallest absolute Gasteiger partial charge is 0.257 e. The fourth-order valence-corrected chi connectivity index (χ4v) is 2.22. The van der Waals surface area contributed by atoms with Gasteiger partial charge in [0.2, 0.25) is 0 Å². The molecule has 2 rings (SSSR count). The van der Waals surface area contributed by atoms with Crippen molar-refractivity contribution < 1.29 is 18.7 Å². The first-order valence-electron chi connectivity index (χ1n) is 6.54. The number of rotatable bonds is 4. The molecule has 0 spiro atoms. The topological polar surface area (TPSA) is 50.8 Å². The van der Waals surface area contributed by atoms with Crippen molar-refractivity contribution in [3.63, 3.8) is 0 Å². The molecule has 0 saturated carbocycles. The van der Waals surface area contributed by atoms with Crippen molar-refractivity contribution in [2.24, 2.45) is 0 Å². The summed E-state index contributed by atoms with van der Waals surface area (Å²) in [4.78, 5) is 14.0. The number of ether oxygens (including phenoxy) is 2. The van der Waals surface area contributed by atoms with E-state index in [2.05, 4.69) is 5.32 Å². The Balaban J connectivity index is 2.10. The highest BCUT2D eigenvalue weighted by molar-refractivity contribution is 5.94. The van der Waals surface area contributed by atoms with Gasteiger partial charge in [0, 0.05) is 25.7 Å². The quantitative estimate of drug-likeness (QED) is 0.891. The average Bonchev–Trinajstić information content (AvgIpc) is 2.47. The molecule has 1 N–H and O–H groups in total. The maximum absolute atomic E-state index is 13.9. The maximum Gasteiger partial charge on any atom is 0.257 e. The molecular formula is C14H19FN2O3. The molecule has 1 heterocycles. The number of amides is 1. The van der Waals surface area contributed by atoms with E-state index >= 15 is 0 Å². The number of carbonyl (C=O) groups excluding carboxylic acids is 1. The highest BCUT2D eigenvalue weighted by atomic mass is 19.1. The molecule has 1 aromatic carbocycles. The molecule has 1 unspecified atom stereocenters. The number of hydrogen-bond acceptors (Lipinski definition) is 4. The summed E-state index contributed by atoms with van der Waals surface area (Å²) >= 11 is 0. The van der Waals surface area contributed by atoms with Crippen LogP contribution in [0.3, 0.4) is 0 Å². The van der Waals surface area contributed by atoms with Crippen molar-refractivity contribution in [2.45, 2.75) is 6.10 Å². The third kappa shape index (κ3) is 3.26. The third-order valence-electron chi connectivity index (χ3n) is 3.26. The van der Waals surface area contributed by atoms with Crippen molar-refractivity contribution in [1.29, 1.82) is 0 Å². The number of halogens is 1. The van der Waals surface area contributed by atoms with Crippen LogP contribution in [0, 0.1) is 5.82 Å². The predicted octanol–water partition coefficient (Wildman–Crippen LogP) is 0.895. The summed E-state index contributed by atoms with van der Waals surface area (Å²) in [6.07, 6.45) is -0.0565. The van der Waals surface area contributed by atoms with Gasteiger partial charge in [0.1, 0.15) is 11.6 Å². The Hall–Kier alpha value is -1.66. The maximum atomic E-state index is 13.9. The van der Waals surface area contributed by atoms with Gasteiger partial charge in [-0.1, -0.05) is 0 Å². The molecule has 1 atom stereocenters. The van der Waals surface area contributed by atoms with Crippen LogP contribution in [0.5, 0.6) is 5.75 Å². The molecule has 1 fully saturated rings. The number of methoxy groups -OCH3 is 1. The van der Waals surface area contributed by atoms with E-state index in [1.807, 2.05) is 7.05 Å². The van der Waals surface area contributed by atoms with Crippen LogP contribution in [0.1, 0.15) is 10.4 Å². The van der Waals surface area contributed by atoms with E-state index in [0.717, 1.165) is 0 Å². The van der Waals surface area contributed by atoms with E-state index in [4.69, 9.17) is 9.47 Å². The van der Waals surface area contributed by atoms with Crippen LogP contribution in [0.4, 0.5) is 4.39 Å². The minimum Gasteiger partial charge on any atom is -0.497 e. The van der Waals surface area contributed by atoms with E-state index in [1.165, 1.54) is 19.2 Å². The Labute approximate surface area is 117 Å². The van der Waals surface area contributed by atoms with Crippen LogP contribution < -0.4 is 10.1 Å². The second-order valence-electron chi connectivity index (χ2n) is 4.65. The zero-order valence-corrected chi connectivity index (χ0v) is 11.7. The fraction of sp³-hybridized carbons (Fsp3) is 0.500. The molecule has 110 valence electrons. The van der Waals surface area contributed by atoms with E-state index < -0.39 is 5.82 Å². The second-order valence-corrected chi connectivity index (χ2v) is 4.65. The monoisotopic (exact) mass is 282 g/mol. The van der Waals surface area contributed by atoms with Crippen LogP contribution >= 0.6 is 0 Å². The normalized spacial score (nSPS) is 18.9. The summed E-state index contributed by atoms with van der Waals surface area (Å²) in [5, 5.41) is 3.01. The van der Waals surface area contributed by atoms with Gasteiger partial charge in [0.05, 0.1) is 25.4 Å². The van der Waals surface area contributed by atoms with E-state index in [-0.39, 0.29) is 17.6 Å². The van der Waals surface area contributed by atoms with Gasteiger partial charge in [0.25, 0.3) is 5.91 Å². The highest BCUT2D eigenvalue weighted by Gasteiger charge is 2.26. The molecular weight excluding hydrogens is 263 g/mol. The lowest BCUT2D eigenvalue weighted by Gasteiger charge is -2.33. The number of likely N-dealkylation sites (N-methyl/N-ethyl adjacent to an activating group) is 1. The van der Waals surface area contributed by atoms with E-state index in [9.17, 15) is 9.18 Å². The molecule has 0 aliphatic carbocycles. The van der Waals surface area contributed by atoms with Crippen molar-refractivity contribution in [1.82, 2.24) is 10.2 Å². The molecule has 1 aliphatic heterocycles. The molecule has 1 aliphatic rings. The average molecular weight is 282 g/mol. The summed E-state index contributed by atoms with van der Waals surface area (Å²) in [5.74, 6) is -0.477. The molecule has 1 aromatic rings. The predicted molar refractivity (Wildman–Crippen MR) is 72.5 cm³/mol. The zero-order valence-electron chi connectivity index (χ0n) is 11.7. The van der Waals surface area contributed by atoms with Gasteiger partial charge in [-0.2, -0.15) is 0 Å². The van der Waals surface area contributed by atoms with Crippen LogP contribution in [0.15, 0.2) is 18.2 Å². The molecule has 6 heteroatoms. The Bertz CT molecular complexity index is 479. The summed E-state index contributed by atoms with van der Waals surface area (Å²) < 4.78 is 24.4. The van der Waals surface area contributed by atoms with Gasteiger partial charge >= 0.3 is 0 Å². The zero-order chi connectivity index (χ0) is 14.5. The number of carbonyl (C=O) groups is 1. The van der Waals surface area contributed by atoms with Gasteiger partial charge in [0.15, 0.2) is 0 Å². The first-order chi connectivity index (χ1) is 9.65. The summed E-state index contributed by atoms with van der Waals surface area (Å²) in [7, 11) is 3.29. The lowest BCUT2D eigenvalue weighted by molar-refractivity contribution is -0.0197. The Morgan fingerprint density at radius 3 is 3.05 bits per heavy atom. The third-order valence-corrected chi connectivity index (χ3v) is 3.26. The van der Waals surface area contributed by atoms with Crippen LogP contribution in [0.2, 0.25) is 0 Å². The molecule has 1 amide bonds. The van der Waals surface area contributed by atoms with Crippen molar-refractivity contribution in [3.05, 3.63) is 29.6 Å².